The molecule has 19 heavy (non-hydrogen) atoms. The van der Waals surface area contributed by atoms with Gasteiger partial charge in [0, 0.05) is 11.6 Å². The third kappa shape index (κ3) is 2.00. The summed E-state index contributed by atoms with van der Waals surface area (Å²) in [6, 6.07) is 16.8. The molecule has 0 unspecified atom stereocenters. The van der Waals surface area contributed by atoms with E-state index in [2.05, 4.69) is 4.98 Å². The minimum absolute atomic E-state index is 0.00478. The molecule has 3 nitrogen and oxygen atoms in total. The van der Waals surface area contributed by atoms with Crippen molar-refractivity contribution in [2.45, 2.75) is 0 Å². The highest BCUT2D eigenvalue weighted by Gasteiger charge is 2.05. The van der Waals surface area contributed by atoms with Crippen LogP contribution in [0.1, 0.15) is 5.56 Å². The molecule has 0 aliphatic carbocycles. The van der Waals surface area contributed by atoms with Crippen LogP contribution in [0.3, 0.4) is 0 Å². The minimum Gasteiger partial charge on any atom is -0.507 e. The molecular weight excluding hydrogens is 236 g/mol. The molecule has 90 valence electrons. The lowest BCUT2D eigenvalue weighted by Crippen LogP contribution is -1.83. The van der Waals surface area contributed by atoms with Crippen molar-refractivity contribution in [1.82, 2.24) is 4.98 Å². The van der Waals surface area contributed by atoms with E-state index in [-0.39, 0.29) is 11.3 Å². The van der Waals surface area contributed by atoms with E-state index in [1.54, 1.807) is 18.3 Å². The Labute approximate surface area is 110 Å². The molecular formula is C16H10N2O. The number of nitrogens with zero attached hydrogens (tertiary/aromatic N) is 2. The minimum atomic E-state index is 0.00478. The quantitative estimate of drug-likeness (QED) is 0.715. The molecule has 0 aliphatic heterocycles. The zero-order chi connectivity index (χ0) is 13.2. The first-order valence-electron chi connectivity index (χ1n) is 5.86. The van der Waals surface area contributed by atoms with Gasteiger partial charge in [-0.05, 0) is 35.4 Å². The van der Waals surface area contributed by atoms with Crippen molar-refractivity contribution in [3.05, 3.63) is 60.3 Å². The second-order valence-corrected chi connectivity index (χ2v) is 4.25. The molecule has 0 saturated heterocycles. The van der Waals surface area contributed by atoms with Gasteiger partial charge in [0.1, 0.15) is 11.8 Å². The molecule has 0 radical (unpaired) electrons. The van der Waals surface area contributed by atoms with Crippen LogP contribution < -0.4 is 0 Å². The SMILES string of the molecule is N#Cc1cc(-c2ccc3cccnc3c2)ccc1O. The molecule has 3 heteroatoms. The van der Waals surface area contributed by atoms with Crippen LogP contribution in [0.5, 0.6) is 5.75 Å². The van der Waals surface area contributed by atoms with Gasteiger partial charge in [0.25, 0.3) is 0 Å². The summed E-state index contributed by atoms with van der Waals surface area (Å²) in [6.07, 6.45) is 1.75. The number of hydrogen-bond donors (Lipinski definition) is 1. The van der Waals surface area contributed by atoms with Crippen molar-refractivity contribution >= 4 is 10.9 Å². The maximum atomic E-state index is 9.52. The second-order valence-electron chi connectivity index (χ2n) is 4.25. The van der Waals surface area contributed by atoms with Crippen molar-refractivity contribution in [2.75, 3.05) is 0 Å². The Morgan fingerprint density at radius 1 is 1.00 bits per heavy atom. The first kappa shape index (κ1) is 11.2. The summed E-state index contributed by atoms with van der Waals surface area (Å²) >= 11 is 0. The van der Waals surface area contributed by atoms with Crippen LogP contribution in [-0.4, -0.2) is 10.1 Å². The fraction of sp³-hybridized carbons (Fsp3) is 0. The van der Waals surface area contributed by atoms with Crippen LogP contribution in [0.2, 0.25) is 0 Å². The average Bonchev–Trinajstić information content (AvgIpc) is 2.47. The summed E-state index contributed by atoms with van der Waals surface area (Å²) in [5.74, 6) is 0.00478. The molecule has 1 heterocycles. The number of aromatic nitrogens is 1. The van der Waals surface area contributed by atoms with E-state index in [9.17, 15) is 5.11 Å². The summed E-state index contributed by atoms with van der Waals surface area (Å²) in [5, 5.41) is 19.5. The van der Waals surface area contributed by atoms with Crippen LogP contribution in [0.15, 0.2) is 54.7 Å². The highest BCUT2D eigenvalue weighted by atomic mass is 16.3. The molecule has 0 atom stereocenters. The fourth-order valence-electron chi connectivity index (χ4n) is 2.05. The number of rotatable bonds is 1. The Kier molecular flexibility index (Phi) is 2.62. The monoisotopic (exact) mass is 246 g/mol. The number of pyridine rings is 1. The maximum Gasteiger partial charge on any atom is 0.133 e. The van der Waals surface area contributed by atoms with E-state index in [0.29, 0.717) is 0 Å². The van der Waals surface area contributed by atoms with Gasteiger partial charge in [0.2, 0.25) is 0 Å². The molecule has 0 saturated carbocycles. The Balaban J connectivity index is 2.16. The normalized spacial score (nSPS) is 10.3. The van der Waals surface area contributed by atoms with Crippen LogP contribution in [0, 0.1) is 11.3 Å². The number of benzene rings is 2. The van der Waals surface area contributed by atoms with E-state index in [4.69, 9.17) is 5.26 Å². The zero-order valence-corrected chi connectivity index (χ0v) is 10.0. The molecule has 0 aliphatic rings. The lowest BCUT2D eigenvalue weighted by Gasteiger charge is -2.05. The number of fused-ring (bicyclic) bond motifs is 1. The average molecular weight is 246 g/mol. The van der Waals surface area contributed by atoms with Gasteiger partial charge < -0.3 is 5.11 Å². The molecule has 2 aromatic carbocycles. The Hall–Kier alpha value is -2.86. The third-order valence-corrected chi connectivity index (χ3v) is 3.06. The first-order valence-corrected chi connectivity index (χ1v) is 5.86. The Bertz CT molecular complexity index is 803. The van der Waals surface area contributed by atoms with E-state index < -0.39 is 0 Å². The van der Waals surface area contributed by atoms with Gasteiger partial charge in [-0.1, -0.05) is 24.3 Å². The highest BCUT2D eigenvalue weighted by Crippen LogP contribution is 2.27. The molecule has 1 N–H and O–H groups in total. The predicted octanol–water partition coefficient (Wildman–Crippen LogP) is 3.48. The van der Waals surface area contributed by atoms with Gasteiger partial charge >= 0.3 is 0 Å². The molecule has 1 aromatic heterocycles. The lowest BCUT2D eigenvalue weighted by atomic mass is 10.0. The van der Waals surface area contributed by atoms with E-state index in [1.165, 1.54) is 6.07 Å². The van der Waals surface area contributed by atoms with Crippen molar-refractivity contribution in [2.24, 2.45) is 0 Å². The van der Waals surface area contributed by atoms with Crippen LogP contribution in [0.4, 0.5) is 0 Å². The summed E-state index contributed by atoms with van der Waals surface area (Å²) in [4.78, 5) is 4.31. The largest absolute Gasteiger partial charge is 0.507 e. The first-order chi connectivity index (χ1) is 9.28. The van der Waals surface area contributed by atoms with Crippen molar-refractivity contribution in [3.63, 3.8) is 0 Å². The molecule has 3 aromatic rings. The topological polar surface area (TPSA) is 56.9 Å². The second kappa shape index (κ2) is 4.43. The van der Waals surface area contributed by atoms with Crippen LogP contribution in [-0.2, 0) is 0 Å². The van der Waals surface area contributed by atoms with E-state index in [0.717, 1.165) is 22.0 Å². The van der Waals surface area contributed by atoms with Crippen molar-refractivity contribution in [3.8, 4) is 22.9 Å². The molecule has 0 amide bonds. The van der Waals surface area contributed by atoms with Crippen molar-refractivity contribution in [1.29, 1.82) is 5.26 Å². The summed E-state index contributed by atoms with van der Waals surface area (Å²) in [6.45, 7) is 0. The predicted molar refractivity (Wildman–Crippen MR) is 73.6 cm³/mol. The number of aromatic hydroxyl groups is 1. The number of phenolic OH excluding ortho intramolecular Hbond substituents is 1. The lowest BCUT2D eigenvalue weighted by molar-refractivity contribution is 0.473. The van der Waals surface area contributed by atoms with Gasteiger partial charge in [-0.25, -0.2) is 0 Å². The number of nitriles is 1. The van der Waals surface area contributed by atoms with Gasteiger partial charge in [0.15, 0.2) is 0 Å². The molecule has 0 bridgehead atoms. The van der Waals surface area contributed by atoms with Crippen LogP contribution >= 0.6 is 0 Å². The Morgan fingerprint density at radius 2 is 1.79 bits per heavy atom. The van der Waals surface area contributed by atoms with E-state index in [1.807, 2.05) is 36.4 Å². The van der Waals surface area contributed by atoms with Gasteiger partial charge in [0.05, 0.1) is 11.1 Å². The van der Waals surface area contributed by atoms with Gasteiger partial charge in [-0.2, -0.15) is 5.26 Å². The summed E-state index contributed by atoms with van der Waals surface area (Å²) < 4.78 is 0. The number of phenols is 1. The van der Waals surface area contributed by atoms with Crippen molar-refractivity contribution < 1.29 is 5.11 Å². The third-order valence-electron chi connectivity index (χ3n) is 3.06. The maximum absolute atomic E-state index is 9.52. The number of hydrogen-bond acceptors (Lipinski definition) is 3. The standard InChI is InChI=1S/C16H10N2O/c17-10-14-8-12(5-6-16(14)19)13-4-3-11-2-1-7-18-15(11)9-13/h1-9,19H. The highest BCUT2D eigenvalue weighted by molar-refractivity contribution is 5.84. The fourth-order valence-corrected chi connectivity index (χ4v) is 2.05. The molecule has 3 rings (SSSR count). The Morgan fingerprint density at radius 3 is 2.63 bits per heavy atom. The molecule has 0 spiro atoms. The zero-order valence-electron chi connectivity index (χ0n) is 10.0. The van der Waals surface area contributed by atoms with E-state index >= 15 is 0 Å². The summed E-state index contributed by atoms with van der Waals surface area (Å²) in [5.41, 5.74) is 3.05. The van der Waals surface area contributed by atoms with Crippen LogP contribution in [0.25, 0.3) is 22.0 Å². The smallest absolute Gasteiger partial charge is 0.133 e. The molecule has 0 fully saturated rings. The van der Waals surface area contributed by atoms with Gasteiger partial charge in [-0.15, -0.1) is 0 Å². The summed E-state index contributed by atoms with van der Waals surface area (Å²) in [7, 11) is 0. The van der Waals surface area contributed by atoms with Gasteiger partial charge in [-0.3, -0.25) is 4.98 Å².